The van der Waals surface area contributed by atoms with Crippen LogP contribution in [0.1, 0.15) is 35.2 Å². The predicted octanol–water partition coefficient (Wildman–Crippen LogP) is 3.99. The van der Waals surface area contributed by atoms with Crippen LogP contribution >= 0.6 is 0 Å². The zero-order valence-electron chi connectivity index (χ0n) is 13.1. The number of aromatic nitrogens is 1. The first-order chi connectivity index (χ1) is 11.3. The highest BCUT2D eigenvalue weighted by atomic mass is 16.2. The molecule has 5 nitrogen and oxygen atoms in total. The number of piperidine rings is 1. The van der Waals surface area contributed by atoms with Gasteiger partial charge in [0, 0.05) is 31.0 Å². The summed E-state index contributed by atoms with van der Waals surface area (Å²) in [7, 11) is 0. The molecule has 0 unspecified atom stereocenters. The van der Waals surface area contributed by atoms with Crippen molar-refractivity contribution in [1.82, 2.24) is 9.88 Å². The van der Waals surface area contributed by atoms with Crippen LogP contribution in [0.4, 0.5) is 5.69 Å². The van der Waals surface area contributed by atoms with Crippen molar-refractivity contribution in [2.24, 2.45) is 10.2 Å². The molecule has 1 aliphatic heterocycles. The quantitative estimate of drug-likeness (QED) is 0.802. The number of carbonyl (C=O) groups is 1. The monoisotopic (exact) mass is 308 g/mol. The Morgan fingerprint density at radius 2 is 1.70 bits per heavy atom. The van der Waals surface area contributed by atoms with Crippen LogP contribution in [-0.2, 0) is 6.54 Å². The van der Waals surface area contributed by atoms with Gasteiger partial charge in [0.05, 0.1) is 12.2 Å². The van der Waals surface area contributed by atoms with Gasteiger partial charge in [-0.15, -0.1) is 0 Å². The molecule has 1 aromatic heterocycles. The second-order valence-corrected chi connectivity index (χ2v) is 5.65. The summed E-state index contributed by atoms with van der Waals surface area (Å²) in [4.78, 5) is 18.3. The number of carbonyl (C=O) groups excluding carboxylic acids is 1. The molecule has 1 aromatic carbocycles. The zero-order chi connectivity index (χ0) is 15.9. The Bertz CT molecular complexity index is 661. The van der Waals surface area contributed by atoms with Gasteiger partial charge < -0.3 is 4.90 Å². The molecule has 0 bridgehead atoms. The SMILES string of the molecule is O=C(c1ccc(N=NCc2ccncc2)cc1)N1CCCCC1. The van der Waals surface area contributed by atoms with Gasteiger partial charge in [0.1, 0.15) is 0 Å². The molecule has 1 fully saturated rings. The summed E-state index contributed by atoms with van der Waals surface area (Å²) < 4.78 is 0. The third-order valence-electron chi connectivity index (χ3n) is 3.95. The van der Waals surface area contributed by atoms with Crippen LogP contribution in [0.3, 0.4) is 0 Å². The van der Waals surface area contributed by atoms with Crippen molar-refractivity contribution < 1.29 is 4.79 Å². The van der Waals surface area contributed by atoms with E-state index >= 15 is 0 Å². The summed E-state index contributed by atoms with van der Waals surface area (Å²) in [6.07, 6.45) is 6.92. The molecule has 0 atom stereocenters. The van der Waals surface area contributed by atoms with Crippen LogP contribution in [0.15, 0.2) is 59.0 Å². The fraction of sp³-hybridized carbons (Fsp3) is 0.333. The van der Waals surface area contributed by atoms with E-state index < -0.39 is 0 Å². The molecule has 118 valence electrons. The molecule has 1 amide bonds. The number of nitrogens with zero attached hydrogens (tertiary/aromatic N) is 4. The lowest BCUT2D eigenvalue weighted by atomic mass is 10.1. The average molecular weight is 308 g/mol. The molecule has 0 radical (unpaired) electrons. The van der Waals surface area contributed by atoms with Crippen molar-refractivity contribution >= 4 is 11.6 Å². The normalized spacial score (nSPS) is 15.0. The Labute approximate surface area is 136 Å². The maximum atomic E-state index is 12.4. The van der Waals surface area contributed by atoms with E-state index in [0.29, 0.717) is 6.54 Å². The van der Waals surface area contributed by atoms with Gasteiger partial charge in [-0.1, -0.05) is 0 Å². The Morgan fingerprint density at radius 1 is 1.00 bits per heavy atom. The molecule has 23 heavy (non-hydrogen) atoms. The maximum absolute atomic E-state index is 12.4. The molecule has 5 heteroatoms. The maximum Gasteiger partial charge on any atom is 0.253 e. The molecule has 2 aromatic rings. The van der Waals surface area contributed by atoms with E-state index in [1.165, 1.54) is 6.42 Å². The van der Waals surface area contributed by atoms with Crippen molar-refractivity contribution in [2.75, 3.05) is 13.1 Å². The summed E-state index contributed by atoms with van der Waals surface area (Å²) >= 11 is 0. The minimum absolute atomic E-state index is 0.116. The number of hydrogen-bond donors (Lipinski definition) is 0. The van der Waals surface area contributed by atoms with E-state index in [0.717, 1.165) is 42.7 Å². The molecule has 1 aliphatic rings. The Hall–Kier alpha value is -2.56. The molecule has 1 saturated heterocycles. The average Bonchev–Trinajstić information content (AvgIpc) is 2.63. The number of pyridine rings is 1. The van der Waals surface area contributed by atoms with Crippen molar-refractivity contribution in [2.45, 2.75) is 25.8 Å². The molecule has 0 N–H and O–H groups in total. The van der Waals surface area contributed by atoms with Gasteiger partial charge in [-0.3, -0.25) is 9.78 Å². The third-order valence-corrected chi connectivity index (χ3v) is 3.95. The minimum atomic E-state index is 0.116. The number of benzene rings is 1. The third kappa shape index (κ3) is 4.22. The number of rotatable bonds is 4. The largest absolute Gasteiger partial charge is 0.339 e. The first-order valence-electron chi connectivity index (χ1n) is 7.99. The molecular weight excluding hydrogens is 288 g/mol. The van der Waals surface area contributed by atoms with Gasteiger partial charge >= 0.3 is 0 Å². The summed E-state index contributed by atoms with van der Waals surface area (Å²) in [5.41, 5.74) is 2.55. The van der Waals surface area contributed by atoms with Crippen molar-refractivity contribution in [3.63, 3.8) is 0 Å². The fourth-order valence-electron chi connectivity index (χ4n) is 2.64. The van der Waals surface area contributed by atoms with Gasteiger partial charge in [-0.25, -0.2) is 0 Å². The Morgan fingerprint density at radius 3 is 2.39 bits per heavy atom. The summed E-state index contributed by atoms with van der Waals surface area (Å²) in [5, 5.41) is 8.37. The lowest BCUT2D eigenvalue weighted by Gasteiger charge is -2.26. The molecule has 0 saturated carbocycles. The molecule has 2 heterocycles. The van der Waals surface area contributed by atoms with Crippen molar-refractivity contribution in [1.29, 1.82) is 0 Å². The molecule has 0 spiro atoms. The first kappa shape index (κ1) is 15.3. The lowest BCUT2D eigenvalue weighted by molar-refractivity contribution is 0.0724. The van der Waals surface area contributed by atoms with Crippen molar-refractivity contribution in [3.05, 3.63) is 59.9 Å². The Balaban J connectivity index is 1.59. The second kappa shape index (κ2) is 7.63. The second-order valence-electron chi connectivity index (χ2n) is 5.65. The zero-order valence-corrected chi connectivity index (χ0v) is 13.1. The van der Waals surface area contributed by atoms with Gasteiger partial charge in [0.15, 0.2) is 0 Å². The van der Waals surface area contributed by atoms with Gasteiger partial charge in [0.2, 0.25) is 0 Å². The number of amides is 1. The lowest BCUT2D eigenvalue weighted by Crippen LogP contribution is -2.35. The minimum Gasteiger partial charge on any atom is -0.339 e. The summed E-state index contributed by atoms with van der Waals surface area (Å²) in [6.45, 7) is 2.26. The molecular formula is C18H20N4O. The van der Waals surface area contributed by atoms with Gasteiger partial charge in [-0.05, 0) is 61.2 Å². The van der Waals surface area contributed by atoms with E-state index in [9.17, 15) is 4.79 Å². The topological polar surface area (TPSA) is 57.9 Å². The van der Waals surface area contributed by atoms with E-state index in [-0.39, 0.29) is 5.91 Å². The molecule has 0 aliphatic carbocycles. The predicted molar refractivity (Wildman–Crippen MR) is 88.7 cm³/mol. The first-order valence-corrected chi connectivity index (χ1v) is 7.99. The van der Waals surface area contributed by atoms with E-state index in [2.05, 4.69) is 15.2 Å². The molecule has 3 rings (SSSR count). The number of likely N-dealkylation sites (tertiary alicyclic amines) is 1. The highest BCUT2D eigenvalue weighted by molar-refractivity contribution is 5.94. The van der Waals surface area contributed by atoms with Crippen LogP contribution in [0.25, 0.3) is 0 Å². The summed E-state index contributed by atoms with van der Waals surface area (Å²) in [5.74, 6) is 0.116. The highest BCUT2D eigenvalue weighted by Gasteiger charge is 2.17. The fourth-order valence-corrected chi connectivity index (χ4v) is 2.64. The van der Waals surface area contributed by atoms with Crippen LogP contribution in [-0.4, -0.2) is 28.9 Å². The summed E-state index contributed by atoms with van der Waals surface area (Å²) in [6, 6.07) is 11.2. The number of azo groups is 1. The van der Waals surface area contributed by atoms with E-state index in [4.69, 9.17) is 0 Å². The van der Waals surface area contributed by atoms with Crippen LogP contribution in [0.5, 0.6) is 0 Å². The van der Waals surface area contributed by atoms with Crippen LogP contribution in [0, 0.1) is 0 Å². The van der Waals surface area contributed by atoms with E-state index in [1.54, 1.807) is 12.4 Å². The van der Waals surface area contributed by atoms with Gasteiger partial charge in [-0.2, -0.15) is 10.2 Å². The van der Waals surface area contributed by atoms with Crippen molar-refractivity contribution in [3.8, 4) is 0 Å². The Kier molecular flexibility index (Phi) is 5.09. The number of hydrogen-bond acceptors (Lipinski definition) is 4. The van der Waals surface area contributed by atoms with E-state index in [1.807, 2.05) is 41.3 Å². The standard InChI is InChI=1S/C18H20N4O/c23-18(22-12-2-1-3-13-22)16-4-6-17(7-5-16)21-20-14-15-8-10-19-11-9-15/h4-11H,1-3,12-14H2. The van der Waals surface area contributed by atoms with Crippen LogP contribution in [0.2, 0.25) is 0 Å². The van der Waals surface area contributed by atoms with Crippen LogP contribution < -0.4 is 0 Å². The smallest absolute Gasteiger partial charge is 0.253 e. The highest BCUT2D eigenvalue weighted by Crippen LogP contribution is 2.17. The van der Waals surface area contributed by atoms with Gasteiger partial charge in [0.25, 0.3) is 5.91 Å².